The van der Waals surface area contributed by atoms with Crippen molar-refractivity contribution in [3.63, 3.8) is 0 Å². The minimum absolute atomic E-state index is 0.0184. The van der Waals surface area contributed by atoms with Gasteiger partial charge in [-0.1, -0.05) is 54.6 Å². The summed E-state index contributed by atoms with van der Waals surface area (Å²) in [6, 6.07) is 21.2. The summed E-state index contributed by atoms with van der Waals surface area (Å²) in [4.78, 5) is 2.26. The highest BCUT2D eigenvalue weighted by molar-refractivity contribution is 5.32. The predicted molar refractivity (Wildman–Crippen MR) is 75.2 cm³/mol. The first-order valence-electron chi connectivity index (χ1n) is 6.61. The number of benzene rings is 2. The molecule has 0 amide bonds. The van der Waals surface area contributed by atoms with Gasteiger partial charge in [0.15, 0.2) is 0 Å². The molecule has 1 aliphatic rings. The van der Waals surface area contributed by atoms with Gasteiger partial charge in [0.1, 0.15) is 6.04 Å². The molecule has 0 saturated heterocycles. The van der Waals surface area contributed by atoms with E-state index in [1.165, 1.54) is 16.7 Å². The largest absolute Gasteiger partial charge is 0.279 e. The molecule has 94 valence electrons. The molecule has 0 N–H and O–H groups in total. The minimum Gasteiger partial charge on any atom is -0.279 e. The highest BCUT2D eigenvalue weighted by atomic mass is 15.2. The fourth-order valence-corrected chi connectivity index (χ4v) is 2.69. The van der Waals surface area contributed by atoms with Crippen LogP contribution in [0.25, 0.3) is 0 Å². The van der Waals surface area contributed by atoms with Crippen LogP contribution >= 0.6 is 0 Å². The van der Waals surface area contributed by atoms with E-state index in [1.807, 2.05) is 6.07 Å². The average molecular weight is 248 g/mol. The smallest absolute Gasteiger partial charge is 0.102 e. The summed E-state index contributed by atoms with van der Waals surface area (Å²) < 4.78 is 0. The number of fused-ring (bicyclic) bond motifs is 1. The van der Waals surface area contributed by atoms with Crippen LogP contribution in [-0.4, -0.2) is 10.9 Å². The van der Waals surface area contributed by atoms with Gasteiger partial charge >= 0.3 is 0 Å². The Kier molecular flexibility index (Phi) is 3.31. The second kappa shape index (κ2) is 5.26. The molecule has 0 fully saturated rings. The van der Waals surface area contributed by atoms with Crippen molar-refractivity contribution < 1.29 is 0 Å². The van der Waals surface area contributed by atoms with E-state index in [0.29, 0.717) is 0 Å². The molecule has 3 rings (SSSR count). The molecule has 2 aromatic rings. The minimum atomic E-state index is -0.0184. The van der Waals surface area contributed by atoms with Crippen LogP contribution in [0.2, 0.25) is 0 Å². The number of hydrogen-bond donors (Lipinski definition) is 0. The summed E-state index contributed by atoms with van der Waals surface area (Å²) in [6.07, 6.45) is 0.833. The Bertz CT molecular complexity index is 598. The molecule has 2 heteroatoms. The lowest BCUT2D eigenvalue weighted by Gasteiger charge is -2.33. The van der Waals surface area contributed by atoms with E-state index < -0.39 is 0 Å². The highest BCUT2D eigenvalue weighted by Crippen LogP contribution is 2.24. The number of nitrogens with zero attached hydrogens (tertiary/aromatic N) is 2. The Hall–Kier alpha value is -2.11. The Morgan fingerprint density at radius 1 is 1.00 bits per heavy atom. The van der Waals surface area contributed by atoms with Crippen LogP contribution < -0.4 is 0 Å². The maximum Gasteiger partial charge on any atom is 0.102 e. The van der Waals surface area contributed by atoms with Gasteiger partial charge in [-0.2, -0.15) is 5.26 Å². The van der Waals surface area contributed by atoms with Gasteiger partial charge < -0.3 is 0 Å². The topological polar surface area (TPSA) is 27.0 Å². The van der Waals surface area contributed by atoms with E-state index >= 15 is 0 Å². The molecule has 19 heavy (non-hydrogen) atoms. The standard InChI is InChI=1S/C17H16N2/c18-11-17-10-15-8-4-5-9-16(15)13-19(17)12-14-6-2-1-3-7-14/h1-9,17H,10,12-13H2. The lowest BCUT2D eigenvalue weighted by atomic mass is 9.94. The highest BCUT2D eigenvalue weighted by Gasteiger charge is 2.25. The number of hydrogen-bond acceptors (Lipinski definition) is 2. The second-order valence-corrected chi connectivity index (χ2v) is 5.01. The third-order valence-electron chi connectivity index (χ3n) is 3.72. The van der Waals surface area contributed by atoms with Crippen LogP contribution in [0.3, 0.4) is 0 Å². The van der Waals surface area contributed by atoms with Crippen LogP contribution in [-0.2, 0) is 19.5 Å². The SMILES string of the molecule is N#CC1Cc2ccccc2CN1Cc1ccccc1. The Morgan fingerprint density at radius 3 is 2.42 bits per heavy atom. The summed E-state index contributed by atoms with van der Waals surface area (Å²) >= 11 is 0. The molecule has 0 aromatic heterocycles. The van der Waals surface area contributed by atoms with Gasteiger partial charge in [0.05, 0.1) is 6.07 Å². The van der Waals surface area contributed by atoms with Crippen molar-refractivity contribution in [1.29, 1.82) is 5.26 Å². The van der Waals surface area contributed by atoms with E-state index in [1.54, 1.807) is 0 Å². The molecule has 2 nitrogen and oxygen atoms in total. The quantitative estimate of drug-likeness (QED) is 0.816. The molecule has 0 bridgehead atoms. The molecule has 2 aromatic carbocycles. The van der Waals surface area contributed by atoms with Gasteiger partial charge in [-0.05, 0) is 16.7 Å². The van der Waals surface area contributed by atoms with E-state index in [2.05, 4.69) is 59.5 Å². The van der Waals surface area contributed by atoms with Gasteiger partial charge in [-0.25, -0.2) is 0 Å². The van der Waals surface area contributed by atoms with Crippen molar-refractivity contribution in [1.82, 2.24) is 4.90 Å². The zero-order chi connectivity index (χ0) is 13.1. The molecule has 1 heterocycles. The van der Waals surface area contributed by atoms with E-state index in [4.69, 9.17) is 0 Å². The third-order valence-corrected chi connectivity index (χ3v) is 3.72. The van der Waals surface area contributed by atoms with Gasteiger partial charge in [-0.15, -0.1) is 0 Å². The van der Waals surface area contributed by atoms with Gasteiger partial charge in [0, 0.05) is 19.5 Å². The van der Waals surface area contributed by atoms with Crippen molar-refractivity contribution in [2.75, 3.05) is 0 Å². The number of nitriles is 1. The monoisotopic (exact) mass is 248 g/mol. The van der Waals surface area contributed by atoms with Crippen LogP contribution in [0.15, 0.2) is 54.6 Å². The summed E-state index contributed by atoms with van der Waals surface area (Å²) in [6.45, 7) is 1.71. The van der Waals surface area contributed by atoms with Crippen LogP contribution in [0.1, 0.15) is 16.7 Å². The van der Waals surface area contributed by atoms with E-state index in [9.17, 15) is 5.26 Å². The van der Waals surface area contributed by atoms with Crippen molar-refractivity contribution in [2.24, 2.45) is 0 Å². The van der Waals surface area contributed by atoms with Gasteiger partial charge in [0.25, 0.3) is 0 Å². The van der Waals surface area contributed by atoms with Crippen LogP contribution in [0.4, 0.5) is 0 Å². The number of rotatable bonds is 2. The summed E-state index contributed by atoms with van der Waals surface area (Å²) in [5.74, 6) is 0. The van der Waals surface area contributed by atoms with Crippen LogP contribution in [0.5, 0.6) is 0 Å². The molecule has 1 aliphatic heterocycles. The first-order valence-corrected chi connectivity index (χ1v) is 6.61. The molecular weight excluding hydrogens is 232 g/mol. The lowest BCUT2D eigenvalue weighted by Crippen LogP contribution is -2.38. The van der Waals surface area contributed by atoms with Crippen LogP contribution in [0, 0.1) is 11.3 Å². The Balaban J connectivity index is 1.84. The molecule has 0 saturated carbocycles. The second-order valence-electron chi connectivity index (χ2n) is 5.01. The molecule has 0 aliphatic carbocycles. The fraction of sp³-hybridized carbons (Fsp3) is 0.235. The average Bonchev–Trinajstić information content (AvgIpc) is 2.47. The zero-order valence-electron chi connectivity index (χ0n) is 10.8. The molecule has 1 atom stereocenters. The molecular formula is C17H16N2. The van der Waals surface area contributed by atoms with E-state index in [0.717, 1.165) is 19.5 Å². The summed E-state index contributed by atoms with van der Waals surface area (Å²) in [7, 11) is 0. The molecule has 0 radical (unpaired) electrons. The first-order chi connectivity index (χ1) is 9.36. The summed E-state index contributed by atoms with van der Waals surface area (Å²) in [5.41, 5.74) is 3.94. The first kappa shape index (κ1) is 12.0. The van der Waals surface area contributed by atoms with Crippen molar-refractivity contribution in [3.05, 3.63) is 71.3 Å². The maximum atomic E-state index is 9.37. The van der Waals surface area contributed by atoms with Crippen molar-refractivity contribution >= 4 is 0 Å². The third kappa shape index (κ3) is 2.52. The zero-order valence-corrected chi connectivity index (χ0v) is 10.8. The van der Waals surface area contributed by atoms with Gasteiger partial charge in [0.2, 0.25) is 0 Å². The van der Waals surface area contributed by atoms with Gasteiger partial charge in [-0.3, -0.25) is 4.90 Å². The molecule has 1 unspecified atom stereocenters. The Morgan fingerprint density at radius 2 is 1.68 bits per heavy atom. The van der Waals surface area contributed by atoms with Crippen molar-refractivity contribution in [2.45, 2.75) is 25.6 Å². The van der Waals surface area contributed by atoms with Crippen molar-refractivity contribution in [3.8, 4) is 6.07 Å². The maximum absolute atomic E-state index is 9.37. The normalized spacial score (nSPS) is 18.6. The summed E-state index contributed by atoms with van der Waals surface area (Å²) in [5, 5.41) is 9.37. The molecule has 0 spiro atoms. The van der Waals surface area contributed by atoms with E-state index in [-0.39, 0.29) is 6.04 Å². The Labute approximate surface area is 113 Å². The predicted octanol–water partition coefficient (Wildman–Crippen LogP) is 3.14. The lowest BCUT2D eigenvalue weighted by molar-refractivity contribution is 0.200. The fourth-order valence-electron chi connectivity index (χ4n) is 2.69.